The summed E-state index contributed by atoms with van der Waals surface area (Å²) in [5.41, 5.74) is 2.53. The molecular formula is C32H55NOS. The summed E-state index contributed by atoms with van der Waals surface area (Å²) in [4.78, 5) is 5.27. The molecule has 4 aromatic rings. The van der Waals surface area contributed by atoms with Crippen molar-refractivity contribution < 1.29 is 4.42 Å². The molecule has 0 atom stereocenters. The summed E-state index contributed by atoms with van der Waals surface area (Å²) in [5.74, 6) is 0.968. The highest BCUT2D eigenvalue weighted by molar-refractivity contribution is 7.09. The first-order valence-electron chi connectivity index (χ1n) is 12.5. The molecule has 200 valence electrons. The molecule has 3 aromatic heterocycles. The summed E-state index contributed by atoms with van der Waals surface area (Å²) in [5, 5.41) is 2.08. The highest BCUT2D eigenvalue weighted by Gasteiger charge is 1.76. The smallest absolute Gasteiger partial charge is 0.100 e. The molecule has 1 aromatic carbocycles. The first-order valence-corrected chi connectivity index (χ1v) is 13.3. The molecule has 0 bridgehead atoms. The Balaban J connectivity index is -0.000000104. The summed E-state index contributed by atoms with van der Waals surface area (Å²) in [7, 11) is 0. The Morgan fingerprint density at radius 1 is 0.600 bits per heavy atom. The van der Waals surface area contributed by atoms with Crippen LogP contribution in [-0.4, -0.2) is 4.98 Å². The van der Waals surface area contributed by atoms with Crippen molar-refractivity contribution in [2.75, 3.05) is 0 Å². The van der Waals surface area contributed by atoms with Crippen LogP contribution in [0.1, 0.15) is 84.6 Å². The van der Waals surface area contributed by atoms with E-state index in [9.17, 15) is 0 Å². The molecule has 0 N–H and O–H groups in total. The van der Waals surface area contributed by atoms with E-state index in [1.807, 2.05) is 118 Å². The summed E-state index contributed by atoms with van der Waals surface area (Å²) in [6, 6.07) is 22.2. The van der Waals surface area contributed by atoms with Crippen LogP contribution in [0.2, 0.25) is 0 Å². The second kappa shape index (κ2) is 38.6. The largest absolute Gasteiger partial charge is 0.470 e. The van der Waals surface area contributed by atoms with Gasteiger partial charge in [0.05, 0.1) is 6.26 Å². The van der Waals surface area contributed by atoms with Gasteiger partial charge in [-0.15, -0.1) is 11.3 Å². The SMILES string of the molecule is C.CC.CC.CC.CC.Cc1ccccc1.Cc1cccnc1.Cc1ccco1.Cc1cccs1. The first kappa shape index (κ1) is 42.5. The van der Waals surface area contributed by atoms with E-state index in [0.717, 1.165) is 5.76 Å². The molecule has 35 heavy (non-hydrogen) atoms. The van der Waals surface area contributed by atoms with Crippen LogP contribution >= 0.6 is 11.3 Å². The van der Waals surface area contributed by atoms with Crippen LogP contribution in [0.15, 0.2) is 95.2 Å². The van der Waals surface area contributed by atoms with Gasteiger partial charge in [-0.25, -0.2) is 0 Å². The maximum absolute atomic E-state index is 4.83. The molecular weight excluding hydrogens is 446 g/mol. The van der Waals surface area contributed by atoms with Gasteiger partial charge in [0.15, 0.2) is 0 Å². The topological polar surface area (TPSA) is 26.0 Å². The Hall–Kier alpha value is -2.65. The Morgan fingerprint density at radius 2 is 1.14 bits per heavy atom. The van der Waals surface area contributed by atoms with Gasteiger partial charge < -0.3 is 4.42 Å². The molecule has 0 aliphatic rings. The standard InChI is InChI=1S/C7H8.C6H7N.C5H6O.C5H6S.4C2H6.CH4/c1-7-5-3-2-4-6-7;1-6-3-2-4-7-5-6;2*1-5-3-2-4-6-5;4*1-2;/h2-6H,1H3;2-5H,1H3;2*2-4H,1H3;4*1-2H3;1H4. The van der Waals surface area contributed by atoms with Crippen molar-refractivity contribution in [1.82, 2.24) is 4.98 Å². The minimum absolute atomic E-state index is 0. The zero-order valence-electron chi connectivity index (χ0n) is 23.9. The monoisotopic (exact) mass is 501 g/mol. The molecule has 0 aliphatic carbocycles. The molecule has 3 heterocycles. The van der Waals surface area contributed by atoms with Gasteiger partial charge >= 0.3 is 0 Å². The van der Waals surface area contributed by atoms with Crippen molar-refractivity contribution >= 4 is 11.3 Å². The number of pyridine rings is 1. The number of aryl methyl sites for hydroxylation is 4. The Labute approximate surface area is 223 Å². The molecule has 4 rings (SSSR count). The van der Waals surface area contributed by atoms with Crippen LogP contribution in [-0.2, 0) is 0 Å². The lowest BCUT2D eigenvalue weighted by atomic mass is 10.2. The number of nitrogens with zero attached hydrogens (tertiary/aromatic N) is 1. The number of furan rings is 1. The maximum atomic E-state index is 4.83. The van der Waals surface area contributed by atoms with Crippen LogP contribution < -0.4 is 0 Å². The van der Waals surface area contributed by atoms with Crippen molar-refractivity contribution in [2.45, 2.75) is 90.5 Å². The Kier molecular flexibility index (Phi) is 46.9. The van der Waals surface area contributed by atoms with E-state index in [0.29, 0.717) is 0 Å². The number of rotatable bonds is 0. The molecule has 0 saturated heterocycles. The number of hydrogen-bond acceptors (Lipinski definition) is 3. The van der Waals surface area contributed by atoms with Crippen molar-refractivity contribution in [3.8, 4) is 0 Å². The summed E-state index contributed by atoms with van der Waals surface area (Å²) < 4.78 is 4.83. The van der Waals surface area contributed by atoms with Gasteiger partial charge in [0.2, 0.25) is 0 Å². The van der Waals surface area contributed by atoms with Crippen molar-refractivity contribution in [3.63, 3.8) is 0 Å². The number of thiophene rings is 1. The fourth-order valence-corrected chi connectivity index (χ4v) is 2.23. The molecule has 0 saturated carbocycles. The third-order valence-corrected chi connectivity index (χ3v) is 3.88. The van der Waals surface area contributed by atoms with Gasteiger partial charge in [0.1, 0.15) is 5.76 Å². The van der Waals surface area contributed by atoms with Crippen molar-refractivity contribution in [2.24, 2.45) is 0 Å². The van der Waals surface area contributed by atoms with Crippen molar-refractivity contribution in [3.05, 3.63) is 113 Å². The van der Waals surface area contributed by atoms with Gasteiger partial charge in [-0.2, -0.15) is 0 Å². The molecule has 2 nitrogen and oxygen atoms in total. The van der Waals surface area contributed by atoms with E-state index in [1.165, 1.54) is 16.0 Å². The second-order valence-electron chi connectivity index (χ2n) is 5.63. The maximum Gasteiger partial charge on any atom is 0.100 e. The van der Waals surface area contributed by atoms with E-state index < -0.39 is 0 Å². The molecule has 3 heteroatoms. The molecule has 0 amide bonds. The lowest BCUT2D eigenvalue weighted by molar-refractivity contribution is 0.534. The fourth-order valence-electron chi connectivity index (χ4n) is 1.70. The number of aromatic nitrogens is 1. The van der Waals surface area contributed by atoms with Crippen LogP contribution in [0.3, 0.4) is 0 Å². The number of benzene rings is 1. The number of hydrogen-bond donors (Lipinski definition) is 0. The molecule has 0 aliphatic heterocycles. The molecule has 0 fully saturated rings. The predicted octanol–water partition coefficient (Wildman–Crippen LogP) is 11.8. The molecule has 0 radical (unpaired) electrons. The zero-order valence-corrected chi connectivity index (χ0v) is 24.7. The quantitative estimate of drug-likeness (QED) is 0.239. The Morgan fingerprint density at radius 3 is 1.31 bits per heavy atom. The summed E-state index contributed by atoms with van der Waals surface area (Å²) >= 11 is 1.78. The van der Waals surface area contributed by atoms with Gasteiger partial charge in [0, 0.05) is 17.3 Å². The van der Waals surface area contributed by atoms with E-state index in [-0.39, 0.29) is 7.43 Å². The van der Waals surface area contributed by atoms with Crippen LogP contribution in [0.5, 0.6) is 0 Å². The summed E-state index contributed by atoms with van der Waals surface area (Å²) in [6.07, 6.45) is 5.27. The third kappa shape index (κ3) is 36.1. The lowest BCUT2D eigenvalue weighted by Gasteiger charge is -1.82. The van der Waals surface area contributed by atoms with Gasteiger partial charge in [-0.1, -0.05) is 111 Å². The van der Waals surface area contributed by atoms with Gasteiger partial charge in [0.25, 0.3) is 0 Å². The molecule has 0 unspecified atom stereocenters. The van der Waals surface area contributed by atoms with E-state index in [2.05, 4.69) is 48.5 Å². The van der Waals surface area contributed by atoms with Gasteiger partial charge in [-0.05, 0) is 62.9 Å². The molecule has 0 spiro atoms. The predicted molar refractivity (Wildman–Crippen MR) is 165 cm³/mol. The highest BCUT2D eigenvalue weighted by atomic mass is 32.1. The van der Waals surface area contributed by atoms with Crippen LogP contribution in [0, 0.1) is 27.7 Å². The third-order valence-electron chi connectivity index (χ3n) is 3.08. The minimum Gasteiger partial charge on any atom is -0.470 e. The summed E-state index contributed by atoms with van der Waals surface area (Å²) in [6.45, 7) is 24.1. The normalized spacial score (nSPS) is 7.20. The second-order valence-corrected chi connectivity index (χ2v) is 6.78. The van der Waals surface area contributed by atoms with E-state index in [1.54, 1.807) is 23.8 Å². The lowest BCUT2D eigenvalue weighted by Crippen LogP contribution is -1.69. The van der Waals surface area contributed by atoms with E-state index >= 15 is 0 Å². The van der Waals surface area contributed by atoms with Crippen LogP contribution in [0.4, 0.5) is 0 Å². The Bertz CT molecular complexity index is 695. The van der Waals surface area contributed by atoms with Crippen LogP contribution in [0.25, 0.3) is 0 Å². The van der Waals surface area contributed by atoms with Gasteiger partial charge in [-0.3, -0.25) is 4.98 Å². The minimum atomic E-state index is 0. The average molecular weight is 502 g/mol. The highest BCUT2D eigenvalue weighted by Crippen LogP contribution is 2.03. The first-order chi connectivity index (χ1) is 16.6. The average Bonchev–Trinajstić information content (AvgIpc) is 3.60. The fraction of sp³-hybridized carbons (Fsp3) is 0.406. The van der Waals surface area contributed by atoms with E-state index in [4.69, 9.17) is 4.42 Å². The van der Waals surface area contributed by atoms with Crippen molar-refractivity contribution in [1.29, 1.82) is 0 Å². The zero-order chi connectivity index (χ0) is 27.0.